The maximum atomic E-state index is 12.2. The lowest BCUT2D eigenvalue weighted by Crippen LogP contribution is -2.39. The third-order valence-electron chi connectivity index (χ3n) is 3.85. The SMILES string of the molecule is CC(C)(C)OC(=O)N1CCc2c(C3=CCOCC3)n[nH]c2C1. The molecule has 6 heteroatoms. The standard InChI is InChI=1S/C16H23N3O3/c1-16(2,3)22-15(20)19-7-4-12-13(10-19)17-18-14(12)11-5-8-21-9-6-11/h5H,4,6-10H2,1-3H3,(H,17,18). The Balaban J connectivity index is 1.74. The molecule has 2 aliphatic rings. The molecule has 0 radical (unpaired) electrons. The second kappa shape index (κ2) is 5.76. The highest BCUT2D eigenvalue weighted by atomic mass is 16.6. The molecule has 1 N–H and O–H groups in total. The Labute approximate surface area is 130 Å². The fourth-order valence-electron chi connectivity index (χ4n) is 2.81. The van der Waals surface area contributed by atoms with Crippen LogP contribution in [0.3, 0.4) is 0 Å². The van der Waals surface area contributed by atoms with Gasteiger partial charge in [-0.05, 0) is 39.2 Å². The average molecular weight is 305 g/mol. The summed E-state index contributed by atoms with van der Waals surface area (Å²) in [6.07, 6.45) is 3.53. The maximum absolute atomic E-state index is 12.2. The van der Waals surface area contributed by atoms with E-state index >= 15 is 0 Å². The summed E-state index contributed by atoms with van der Waals surface area (Å²) >= 11 is 0. The van der Waals surface area contributed by atoms with E-state index in [0.717, 1.165) is 30.8 Å². The van der Waals surface area contributed by atoms with Gasteiger partial charge in [0.15, 0.2) is 0 Å². The van der Waals surface area contributed by atoms with Gasteiger partial charge in [0, 0.05) is 12.1 Å². The van der Waals surface area contributed by atoms with Crippen molar-refractivity contribution < 1.29 is 14.3 Å². The molecule has 0 aliphatic carbocycles. The molecule has 0 bridgehead atoms. The Morgan fingerprint density at radius 3 is 2.91 bits per heavy atom. The molecule has 22 heavy (non-hydrogen) atoms. The lowest BCUT2D eigenvalue weighted by molar-refractivity contribution is 0.0221. The summed E-state index contributed by atoms with van der Waals surface area (Å²) in [4.78, 5) is 13.9. The van der Waals surface area contributed by atoms with Gasteiger partial charge in [0.1, 0.15) is 5.60 Å². The van der Waals surface area contributed by atoms with E-state index < -0.39 is 5.60 Å². The summed E-state index contributed by atoms with van der Waals surface area (Å²) in [6, 6.07) is 0. The van der Waals surface area contributed by atoms with Gasteiger partial charge in [0.25, 0.3) is 0 Å². The number of fused-ring (bicyclic) bond motifs is 1. The Hall–Kier alpha value is -1.82. The molecule has 1 amide bonds. The Morgan fingerprint density at radius 2 is 2.23 bits per heavy atom. The summed E-state index contributed by atoms with van der Waals surface area (Å²) < 4.78 is 10.8. The highest BCUT2D eigenvalue weighted by Crippen LogP contribution is 2.28. The predicted octanol–water partition coefficient (Wildman–Crippen LogP) is 2.51. The van der Waals surface area contributed by atoms with E-state index in [-0.39, 0.29) is 6.09 Å². The van der Waals surface area contributed by atoms with Crippen LogP contribution in [0.1, 0.15) is 44.1 Å². The average Bonchev–Trinajstić information content (AvgIpc) is 2.89. The highest BCUT2D eigenvalue weighted by molar-refractivity contribution is 5.70. The van der Waals surface area contributed by atoms with E-state index in [1.54, 1.807) is 4.90 Å². The van der Waals surface area contributed by atoms with Crippen LogP contribution in [0.4, 0.5) is 4.79 Å². The van der Waals surface area contributed by atoms with Crippen molar-refractivity contribution in [2.45, 2.75) is 45.8 Å². The van der Waals surface area contributed by atoms with Crippen molar-refractivity contribution in [3.63, 3.8) is 0 Å². The number of ether oxygens (including phenoxy) is 2. The highest BCUT2D eigenvalue weighted by Gasteiger charge is 2.29. The zero-order valence-electron chi connectivity index (χ0n) is 13.4. The molecule has 120 valence electrons. The second-order valence-electron chi connectivity index (χ2n) is 6.74. The van der Waals surface area contributed by atoms with Crippen molar-refractivity contribution in [3.8, 4) is 0 Å². The van der Waals surface area contributed by atoms with Gasteiger partial charge in [-0.1, -0.05) is 6.08 Å². The molecule has 3 heterocycles. The first-order valence-corrected chi connectivity index (χ1v) is 7.75. The molecular formula is C16H23N3O3. The minimum Gasteiger partial charge on any atom is -0.444 e. The first-order valence-electron chi connectivity index (χ1n) is 7.75. The molecule has 0 atom stereocenters. The molecule has 0 unspecified atom stereocenters. The van der Waals surface area contributed by atoms with Gasteiger partial charge in [0.2, 0.25) is 0 Å². The fourth-order valence-corrected chi connectivity index (χ4v) is 2.81. The van der Waals surface area contributed by atoms with Crippen LogP contribution in [0.5, 0.6) is 0 Å². The van der Waals surface area contributed by atoms with Crippen molar-refractivity contribution in [2.24, 2.45) is 0 Å². The van der Waals surface area contributed by atoms with Crippen molar-refractivity contribution in [1.82, 2.24) is 15.1 Å². The number of amides is 1. The summed E-state index contributed by atoms with van der Waals surface area (Å²) in [7, 11) is 0. The quantitative estimate of drug-likeness (QED) is 0.865. The van der Waals surface area contributed by atoms with Gasteiger partial charge >= 0.3 is 6.09 Å². The van der Waals surface area contributed by atoms with Crippen molar-refractivity contribution in [2.75, 3.05) is 19.8 Å². The van der Waals surface area contributed by atoms with Crippen LogP contribution in [0, 0.1) is 0 Å². The molecule has 0 fully saturated rings. The van der Waals surface area contributed by atoms with E-state index in [4.69, 9.17) is 9.47 Å². The van der Waals surface area contributed by atoms with Gasteiger partial charge < -0.3 is 14.4 Å². The van der Waals surface area contributed by atoms with Crippen LogP contribution in [-0.4, -0.2) is 46.6 Å². The van der Waals surface area contributed by atoms with Crippen molar-refractivity contribution in [1.29, 1.82) is 0 Å². The van der Waals surface area contributed by atoms with Crippen LogP contribution < -0.4 is 0 Å². The molecule has 0 saturated carbocycles. The number of carbonyl (C=O) groups is 1. The predicted molar refractivity (Wildman–Crippen MR) is 82.3 cm³/mol. The second-order valence-corrected chi connectivity index (χ2v) is 6.74. The number of H-pyrrole nitrogens is 1. The third kappa shape index (κ3) is 3.16. The monoisotopic (exact) mass is 305 g/mol. The first kappa shape index (κ1) is 15.1. The van der Waals surface area contributed by atoms with Crippen LogP contribution in [0.2, 0.25) is 0 Å². The number of carbonyl (C=O) groups excluding carboxylic acids is 1. The summed E-state index contributed by atoms with van der Waals surface area (Å²) in [5, 5.41) is 7.55. The fraction of sp³-hybridized carbons (Fsp3) is 0.625. The van der Waals surface area contributed by atoms with Gasteiger partial charge in [-0.25, -0.2) is 4.79 Å². The Morgan fingerprint density at radius 1 is 1.41 bits per heavy atom. The molecule has 0 aromatic carbocycles. The molecule has 2 aliphatic heterocycles. The number of nitrogens with zero attached hydrogens (tertiary/aromatic N) is 2. The number of aromatic amines is 1. The van der Waals surface area contributed by atoms with Gasteiger partial charge in [-0.15, -0.1) is 0 Å². The number of hydrogen-bond donors (Lipinski definition) is 1. The lowest BCUT2D eigenvalue weighted by Gasteiger charge is -2.30. The first-order chi connectivity index (χ1) is 10.4. The molecule has 6 nitrogen and oxygen atoms in total. The summed E-state index contributed by atoms with van der Waals surface area (Å²) in [5.41, 5.74) is 4.06. The van der Waals surface area contributed by atoms with Crippen molar-refractivity contribution in [3.05, 3.63) is 23.0 Å². The lowest BCUT2D eigenvalue weighted by atomic mass is 9.98. The zero-order valence-corrected chi connectivity index (χ0v) is 13.4. The third-order valence-corrected chi connectivity index (χ3v) is 3.85. The smallest absolute Gasteiger partial charge is 0.410 e. The van der Waals surface area contributed by atoms with Crippen LogP contribution in [0.15, 0.2) is 6.08 Å². The normalized spacial score (nSPS) is 18.7. The molecule has 0 saturated heterocycles. The van der Waals surface area contributed by atoms with Gasteiger partial charge in [-0.2, -0.15) is 5.10 Å². The van der Waals surface area contributed by atoms with Gasteiger partial charge in [-0.3, -0.25) is 5.10 Å². The van der Waals surface area contributed by atoms with E-state index in [1.165, 1.54) is 11.1 Å². The number of rotatable bonds is 1. The molecule has 1 aromatic heterocycles. The zero-order chi connectivity index (χ0) is 15.7. The largest absolute Gasteiger partial charge is 0.444 e. The van der Waals surface area contributed by atoms with Crippen LogP contribution >= 0.6 is 0 Å². The van der Waals surface area contributed by atoms with Crippen LogP contribution in [0.25, 0.3) is 5.57 Å². The van der Waals surface area contributed by atoms with Crippen LogP contribution in [-0.2, 0) is 22.4 Å². The topological polar surface area (TPSA) is 67.4 Å². The Bertz CT molecular complexity index is 598. The van der Waals surface area contributed by atoms with E-state index in [0.29, 0.717) is 19.7 Å². The summed E-state index contributed by atoms with van der Waals surface area (Å²) in [6.45, 7) is 8.24. The van der Waals surface area contributed by atoms with Gasteiger partial charge in [0.05, 0.1) is 31.1 Å². The van der Waals surface area contributed by atoms with Crippen molar-refractivity contribution >= 4 is 11.7 Å². The maximum Gasteiger partial charge on any atom is 0.410 e. The van der Waals surface area contributed by atoms with E-state index in [2.05, 4.69) is 16.3 Å². The van der Waals surface area contributed by atoms with E-state index in [1.807, 2.05) is 20.8 Å². The molecule has 0 spiro atoms. The number of aromatic nitrogens is 2. The van der Waals surface area contributed by atoms with E-state index in [9.17, 15) is 4.79 Å². The molecular weight excluding hydrogens is 282 g/mol. The number of nitrogens with one attached hydrogen (secondary N) is 1. The molecule has 1 aromatic rings. The minimum atomic E-state index is -0.469. The number of hydrogen-bond acceptors (Lipinski definition) is 4. The summed E-state index contributed by atoms with van der Waals surface area (Å²) in [5.74, 6) is 0. The molecule has 3 rings (SSSR count). The Kier molecular flexibility index (Phi) is 3.95. The minimum absolute atomic E-state index is 0.264.